The van der Waals surface area contributed by atoms with Crippen molar-refractivity contribution >= 4 is 32.6 Å². The zero-order valence-corrected chi connectivity index (χ0v) is 16.7. The van der Waals surface area contributed by atoms with Crippen LogP contribution in [0.15, 0.2) is 97.3 Å². The molecule has 0 radical (unpaired) electrons. The predicted octanol–water partition coefficient (Wildman–Crippen LogP) is 7.51. The molecular formula is C28H20N2. The highest BCUT2D eigenvalue weighted by molar-refractivity contribution is 6.23. The van der Waals surface area contributed by atoms with Gasteiger partial charge < -0.3 is 4.98 Å². The van der Waals surface area contributed by atoms with Crippen LogP contribution >= 0.6 is 0 Å². The molecule has 2 nitrogen and oxygen atoms in total. The summed E-state index contributed by atoms with van der Waals surface area (Å²) in [5.74, 6) is 0. The van der Waals surface area contributed by atoms with Gasteiger partial charge in [0, 0.05) is 39.8 Å². The van der Waals surface area contributed by atoms with Crippen LogP contribution in [-0.4, -0.2) is 9.97 Å². The highest BCUT2D eigenvalue weighted by Gasteiger charge is 2.13. The molecule has 6 rings (SSSR count). The van der Waals surface area contributed by atoms with Crippen molar-refractivity contribution in [3.8, 4) is 22.3 Å². The van der Waals surface area contributed by atoms with E-state index in [2.05, 4.69) is 102 Å². The van der Waals surface area contributed by atoms with Gasteiger partial charge in [-0.25, -0.2) is 0 Å². The first kappa shape index (κ1) is 17.0. The first-order valence-electron chi connectivity index (χ1n) is 10.2. The summed E-state index contributed by atoms with van der Waals surface area (Å²) < 4.78 is 0. The minimum atomic E-state index is 1.15. The number of rotatable bonds is 2. The average Bonchev–Trinajstić information content (AvgIpc) is 3.18. The Balaban J connectivity index is 1.66. The number of aromatic amines is 1. The molecule has 0 atom stereocenters. The van der Waals surface area contributed by atoms with E-state index in [1.54, 1.807) is 0 Å². The minimum absolute atomic E-state index is 1.15. The van der Waals surface area contributed by atoms with Gasteiger partial charge >= 0.3 is 0 Å². The molecule has 0 saturated carbocycles. The number of H-pyrrole nitrogens is 1. The van der Waals surface area contributed by atoms with E-state index in [4.69, 9.17) is 0 Å². The second-order valence-electron chi connectivity index (χ2n) is 7.89. The molecule has 0 fully saturated rings. The summed E-state index contributed by atoms with van der Waals surface area (Å²) in [7, 11) is 0. The zero-order chi connectivity index (χ0) is 20.1. The molecule has 0 spiro atoms. The number of fused-ring (bicyclic) bond motifs is 5. The highest BCUT2D eigenvalue weighted by atomic mass is 14.7. The number of aryl methyl sites for hydroxylation is 1. The molecule has 0 unspecified atom stereocenters. The number of nitrogens with one attached hydrogen (secondary N) is 1. The van der Waals surface area contributed by atoms with Gasteiger partial charge in [0.15, 0.2) is 0 Å². The Labute approximate surface area is 174 Å². The molecule has 6 aromatic rings. The Bertz CT molecular complexity index is 1560. The maximum atomic E-state index is 4.38. The topological polar surface area (TPSA) is 28.7 Å². The van der Waals surface area contributed by atoms with Crippen molar-refractivity contribution in [2.75, 3.05) is 0 Å². The Morgan fingerprint density at radius 1 is 0.633 bits per heavy atom. The number of hydrogen-bond acceptors (Lipinski definition) is 1. The molecule has 0 aliphatic carbocycles. The summed E-state index contributed by atoms with van der Waals surface area (Å²) in [6, 6.07) is 30.5. The quantitative estimate of drug-likeness (QED) is 0.329. The average molecular weight is 384 g/mol. The molecule has 0 saturated heterocycles. The first-order valence-corrected chi connectivity index (χ1v) is 10.2. The van der Waals surface area contributed by atoms with Crippen LogP contribution < -0.4 is 0 Å². The smallest absolute Gasteiger partial charge is 0.0471 e. The number of benzene rings is 4. The fourth-order valence-corrected chi connectivity index (χ4v) is 4.54. The second-order valence-corrected chi connectivity index (χ2v) is 7.89. The van der Waals surface area contributed by atoms with Crippen LogP contribution in [0.1, 0.15) is 5.56 Å². The Morgan fingerprint density at radius 3 is 2.43 bits per heavy atom. The lowest BCUT2D eigenvalue weighted by molar-refractivity contribution is 1.27. The molecule has 0 aliphatic rings. The van der Waals surface area contributed by atoms with Gasteiger partial charge in [-0.1, -0.05) is 60.7 Å². The van der Waals surface area contributed by atoms with E-state index < -0.39 is 0 Å². The fraction of sp³-hybridized carbons (Fsp3) is 0.0357. The summed E-state index contributed by atoms with van der Waals surface area (Å²) in [5.41, 5.74) is 8.33. The largest absolute Gasteiger partial charge is 0.354 e. The van der Waals surface area contributed by atoms with Crippen LogP contribution in [0.4, 0.5) is 0 Å². The Hall–Kier alpha value is -3.91. The predicted molar refractivity (Wildman–Crippen MR) is 127 cm³/mol. The lowest BCUT2D eigenvalue weighted by atomic mass is 9.93. The van der Waals surface area contributed by atoms with Gasteiger partial charge in [0.2, 0.25) is 0 Å². The maximum Gasteiger partial charge on any atom is 0.0471 e. The molecule has 2 heteroatoms. The third-order valence-electron chi connectivity index (χ3n) is 5.89. The van der Waals surface area contributed by atoms with Gasteiger partial charge in [-0.05, 0) is 64.2 Å². The molecule has 0 amide bonds. The normalized spacial score (nSPS) is 11.5. The van der Waals surface area contributed by atoms with Gasteiger partial charge in [0.05, 0.1) is 0 Å². The molecule has 2 aromatic heterocycles. The monoisotopic (exact) mass is 384 g/mol. The van der Waals surface area contributed by atoms with Gasteiger partial charge in [0.1, 0.15) is 0 Å². The van der Waals surface area contributed by atoms with Crippen molar-refractivity contribution in [1.82, 2.24) is 9.97 Å². The molecule has 0 aliphatic heterocycles. The second kappa shape index (κ2) is 6.57. The molecule has 2 heterocycles. The summed E-state index contributed by atoms with van der Waals surface area (Å²) in [6.45, 7) is 2.08. The molecular weight excluding hydrogens is 364 g/mol. The van der Waals surface area contributed by atoms with E-state index in [1.807, 2.05) is 12.4 Å². The van der Waals surface area contributed by atoms with Crippen molar-refractivity contribution in [2.24, 2.45) is 0 Å². The number of pyridine rings is 1. The van der Waals surface area contributed by atoms with Crippen LogP contribution in [-0.2, 0) is 0 Å². The molecule has 0 bridgehead atoms. The van der Waals surface area contributed by atoms with E-state index in [1.165, 1.54) is 54.8 Å². The van der Waals surface area contributed by atoms with Crippen molar-refractivity contribution in [1.29, 1.82) is 0 Å². The van der Waals surface area contributed by atoms with E-state index in [9.17, 15) is 0 Å². The van der Waals surface area contributed by atoms with E-state index >= 15 is 0 Å². The van der Waals surface area contributed by atoms with E-state index in [-0.39, 0.29) is 0 Å². The highest BCUT2D eigenvalue weighted by Crippen LogP contribution is 2.38. The zero-order valence-electron chi connectivity index (χ0n) is 16.7. The molecule has 30 heavy (non-hydrogen) atoms. The fourth-order valence-electron chi connectivity index (χ4n) is 4.54. The molecule has 4 aromatic carbocycles. The number of para-hydroxylation sites is 1. The number of nitrogens with zero attached hydrogens (tertiary/aromatic N) is 1. The Morgan fingerprint density at radius 2 is 1.50 bits per heavy atom. The van der Waals surface area contributed by atoms with Crippen LogP contribution in [0.3, 0.4) is 0 Å². The lowest BCUT2D eigenvalue weighted by Gasteiger charge is -2.11. The van der Waals surface area contributed by atoms with Crippen LogP contribution in [0.25, 0.3) is 54.8 Å². The van der Waals surface area contributed by atoms with Crippen molar-refractivity contribution < 1.29 is 0 Å². The summed E-state index contributed by atoms with van der Waals surface area (Å²) in [4.78, 5) is 7.96. The van der Waals surface area contributed by atoms with E-state index in [0.29, 0.717) is 0 Å². The van der Waals surface area contributed by atoms with Crippen molar-refractivity contribution in [3.05, 3.63) is 103 Å². The maximum absolute atomic E-state index is 4.38. The number of aromatic nitrogens is 2. The van der Waals surface area contributed by atoms with Gasteiger partial charge in [-0.3, -0.25) is 4.98 Å². The standard InChI is InChI=1S/C28H20N2/c1-18-14-22(17-29-16-18)20-7-4-8-21(15-20)23-10-5-6-19-12-13-26-28(27(19)23)24-9-2-3-11-25(24)30-26/h2-17,30H,1H3. The number of hydrogen-bond donors (Lipinski definition) is 1. The SMILES string of the molecule is Cc1cncc(-c2cccc(-c3cccc4ccc5[nH]c6ccccc6c5c34)c2)c1. The van der Waals surface area contributed by atoms with Crippen molar-refractivity contribution in [2.45, 2.75) is 6.92 Å². The first-order chi connectivity index (χ1) is 14.8. The van der Waals surface area contributed by atoms with Crippen LogP contribution in [0.2, 0.25) is 0 Å². The summed E-state index contributed by atoms with van der Waals surface area (Å²) in [6.07, 6.45) is 3.83. The van der Waals surface area contributed by atoms with Crippen molar-refractivity contribution in [3.63, 3.8) is 0 Å². The van der Waals surface area contributed by atoms with Crippen LogP contribution in [0.5, 0.6) is 0 Å². The molecule has 1 N–H and O–H groups in total. The molecule has 142 valence electrons. The van der Waals surface area contributed by atoms with Gasteiger partial charge in [-0.2, -0.15) is 0 Å². The Kier molecular flexibility index (Phi) is 3.72. The summed E-state index contributed by atoms with van der Waals surface area (Å²) in [5, 5.41) is 5.12. The van der Waals surface area contributed by atoms with E-state index in [0.717, 1.165) is 5.56 Å². The minimum Gasteiger partial charge on any atom is -0.354 e. The lowest BCUT2D eigenvalue weighted by Crippen LogP contribution is -1.86. The van der Waals surface area contributed by atoms with Crippen LogP contribution in [0, 0.1) is 6.92 Å². The third-order valence-corrected chi connectivity index (χ3v) is 5.89. The summed E-state index contributed by atoms with van der Waals surface area (Å²) >= 11 is 0. The third kappa shape index (κ3) is 2.61. The van der Waals surface area contributed by atoms with Gasteiger partial charge in [0.25, 0.3) is 0 Å². The van der Waals surface area contributed by atoms with Gasteiger partial charge in [-0.15, -0.1) is 0 Å².